The topological polar surface area (TPSA) is 99.8 Å². The van der Waals surface area contributed by atoms with Crippen LogP contribution in [0.3, 0.4) is 0 Å². The van der Waals surface area contributed by atoms with Gasteiger partial charge in [-0.25, -0.2) is 4.98 Å². The zero-order valence-corrected chi connectivity index (χ0v) is 13.9. The summed E-state index contributed by atoms with van der Waals surface area (Å²) in [5.41, 5.74) is 5.76. The Hall–Kier alpha value is -2.15. The van der Waals surface area contributed by atoms with Crippen LogP contribution in [-0.4, -0.2) is 59.1 Å². The van der Waals surface area contributed by atoms with E-state index in [-0.39, 0.29) is 11.3 Å². The number of nitrogens with zero attached hydrogens (tertiary/aromatic N) is 3. The fourth-order valence-corrected chi connectivity index (χ4v) is 3.91. The summed E-state index contributed by atoms with van der Waals surface area (Å²) in [5.74, 6) is 0.312. The first-order chi connectivity index (χ1) is 11.4. The van der Waals surface area contributed by atoms with Gasteiger partial charge in [-0.2, -0.15) is 0 Å². The lowest BCUT2D eigenvalue weighted by molar-refractivity contribution is -0.137. The number of β-amino-alcohol motifs (C(OH)–C–C–N with tert-alkyl or cyclic N) is 1. The molecule has 2 saturated heterocycles. The van der Waals surface area contributed by atoms with E-state index in [1.807, 2.05) is 0 Å². The molecule has 0 bridgehead atoms. The number of likely N-dealkylation sites (tertiary alicyclic amines) is 1. The molecular weight excluding hydrogens is 308 g/mol. The number of carbonyl (C=O) groups excluding carboxylic acids is 2. The van der Waals surface area contributed by atoms with E-state index >= 15 is 0 Å². The van der Waals surface area contributed by atoms with Crippen molar-refractivity contribution in [2.45, 2.75) is 32.3 Å². The fourth-order valence-electron chi connectivity index (χ4n) is 3.91. The van der Waals surface area contributed by atoms with Crippen molar-refractivity contribution >= 4 is 17.6 Å². The molecule has 1 spiro atoms. The third-order valence-electron chi connectivity index (χ3n) is 5.25. The van der Waals surface area contributed by atoms with Gasteiger partial charge in [0.1, 0.15) is 5.82 Å². The normalized spacial score (nSPS) is 23.3. The highest BCUT2D eigenvalue weighted by atomic mass is 16.3. The van der Waals surface area contributed by atoms with Crippen molar-refractivity contribution in [1.82, 2.24) is 9.88 Å². The molecule has 1 aromatic rings. The second-order valence-electron chi connectivity index (χ2n) is 7.01. The first-order valence-electron chi connectivity index (χ1n) is 8.33. The van der Waals surface area contributed by atoms with E-state index in [4.69, 9.17) is 5.73 Å². The quantitative estimate of drug-likeness (QED) is 0.815. The minimum Gasteiger partial charge on any atom is -0.391 e. The summed E-state index contributed by atoms with van der Waals surface area (Å²) in [6.45, 7) is 4.27. The maximum atomic E-state index is 11.7. The summed E-state index contributed by atoms with van der Waals surface area (Å²) < 4.78 is 0. The molecule has 7 heteroatoms. The number of pyridine rings is 1. The Morgan fingerprint density at radius 1 is 1.38 bits per heavy atom. The molecule has 24 heavy (non-hydrogen) atoms. The summed E-state index contributed by atoms with van der Waals surface area (Å²) in [6.07, 6.45) is 3.65. The Morgan fingerprint density at radius 2 is 2.08 bits per heavy atom. The minimum atomic E-state index is -0.459. The first-order valence-corrected chi connectivity index (χ1v) is 8.33. The third-order valence-corrected chi connectivity index (χ3v) is 5.25. The van der Waals surface area contributed by atoms with Gasteiger partial charge in [0.2, 0.25) is 11.8 Å². The third kappa shape index (κ3) is 3.36. The van der Waals surface area contributed by atoms with E-state index in [0.717, 1.165) is 38.2 Å². The molecular formula is C17H24N4O3. The summed E-state index contributed by atoms with van der Waals surface area (Å²) >= 11 is 0. The molecule has 2 amide bonds. The average Bonchev–Trinajstić information content (AvgIpc) is 2.55. The van der Waals surface area contributed by atoms with Gasteiger partial charge in [-0.1, -0.05) is 0 Å². The van der Waals surface area contributed by atoms with Crippen molar-refractivity contribution in [2.75, 3.05) is 31.1 Å². The number of aromatic nitrogens is 1. The van der Waals surface area contributed by atoms with Crippen LogP contribution in [0, 0.1) is 5.41 Å². The molecule has 2 aliphatic rings. The van der Waals surface area contributed by atoms with E-state index in [1.54, 1.807) is 30.2 Å². The largest absolute Gasteiger partial charge is 0.391 e. The van der Waals surface area contributed by atoms with Gasteiger partial charge in [0.15, 0.2) is 0 Å². The molecule has 1 unspecified atom stereocenters. The standard InChI is InChI=1S/C17H24N4O3/c1-12(22)21-10-14(23)9-17(11-21)3-6-20(7-4-17)15-8-13(16(18)24)2-5-19-15/h2,5,8,14,23H,3-4,6-7,9-11H2,1H3,(H2,18,24). The molecule has 3 heterocycles. The van der Waals surface area contributed by atoms with Crippen LogP contribution in [-0.2, 0) is 4.79 Å². The number of aliphatic hydroxyl groups excluding tert-OH is 1. The number of anilines is 1. The summed E-state index contributed by atoms with van der Waals surface area (Å²) in [5, 5.41) is 10.2. The Balaban J connectivity index is 1.70. The van der Waals surface area contributed by atoms with E-state index in [1.165, 1.54) is 0 Å². The van der Waals surface area contributed by atoms with Gasteiger partial charge < -0.3 is 20.6 Å². The number of carbonyl (C=O) groups is 2. The van der Waals surface area contributed by atoms with Gasteiger partial charge in [0.05, 0.1) is 6.10 Å². The molecule has 130 valence electrons. The van der Waals surface area contributed by atoms with E-state index in [9.17, 15) is 14.7 Å². The number of piperidine rings is 2. The lowest BCUT2D eigenvalue weighted by Gasteiger charge is -2.49. The highest BCUT2D eigenvalue weighted by molar-refractivity contribution is 5.93. The number of hydrogen-bond donors (Lipinski definition) is 2. The maximum Gasteiger partial charge on any atom is 0.248 e. The van der Waals surface area contributed by atoms with Gasteiger partial charge in [0.25, 0.3) is 0 Å². The number of rotatable bonds is 2. The van der Waals surface area contributed by atoms with Gasteiger partial charge in [-0.3, -0.25) is 9.59 Å². The monoisotopic (exact) mass is 332 g/mol. The van der Waals surface area contributed by atoms with Crippen LogP contribution in [0.2, 0.25) is 0 Å². The summed E-state index contributed by atoms with van der Waals surface area (Å²) in [6, 6.07) is 3.33. The van der Waals surface area contributed by atoms with Gasteiger partial charge in [0, 0.05) is 44.9 Å². The first kappa shape index (κ1) is 16.7. The van der Waals surface area contributed by atoms with Crippen LogP contribution >= 0.6 is 0 Å². The number of nitrogens with two attached hydrogens (primary N) is 1. The fraction of sp³-hybridized carbons (Fsp3) is 0.588. The Labute approximate surface area is 141 Å². The molecule has 1 atom stereocenters. The van der Waals surface area contributed by atoms with Crippen LogP contribution in [0.4, 0.5) is 5.82 Å². The van der Waals surface area contributed by atoms with Crippen molar-refractivity contribution in [1.29, 1.82) is 0 Å². The highest BCUT2D eigenvalue weighted by Crippen LogP contribution is 2.40. The van der Waals surface area contributed by atoms with Crippen LogP contribution in [0.1, 0.15) is 36.5 Å². The second-order valence-corrected chi connectivity index (χ2v) is 7.01. The van der Waals surface area contributed by atoms with Crippen LogP contribution in [0.25, 0.3) is 0 Å². The Kier molecular flexibility index (Phi) is 4.45. The molecule has 2 aliphatic heterocycles. The predicted molar refractivity (Wildman–Crippen MR) is 89.5 cm³/mol. The van der Waals surface area contributed by atoms with Crippen molar-refractivity contribution in [2.24, 2.45) is 11.1 Å². The van der Waals surface area contributed by atoms with Gasteiger partial charge >= 0.3 is 0 Å². The molecule has 0 saturated carbocycles. The molecule has 0 radical (unpaired) electrons. The molecule has 2 fully saturated rings. The van der Waals surface area contributed by atoms with Crippen molar-refractivity contribution in [3.63, 3.8) is 0 Å². The smallest absolute Gasteiger partial charge is 0.248 e. The van der Waals surface area contributed by atoms with Gasteiger partial charge in [-0.15, -0.1) is 0 Å². The van der Waals surface area contributed by atoms with Crippen molar-refractivity contribution in [3.8, 4) is 0 Å². The van der Waals surface area contributed by atoms with E-state index in [2.05, 4.69) is 9.88 Å². The molecule has 7 nitrogen and oxygen atoms in total. The Bertz CT molecular complexity index is 640. The van der Waals surface area contributed by atoms with Gasteiger partial charge in [-0.05, 0) is 36.8 Å². The van der Waals surface area contributed by atoms with Crippen LogP contribution < -0.4 is 10.6 Å². The lowest BCUT2D eigenvalue weighted by atomic mass is 9.71. The average molecular weight is 332 g/mol. The predicted octanol–water partition coefficient (Wildman–Crippen LogP) is 0.380. The second kappa shape index (κ2) is 6.39. The minimum absolute atomic E-state index is 0.0198. The van der Waals surface area contributed by atoms with Crippen LogP contribution in [0.15, 0.2) is 18.3 Å². The number of aliphatic hydroxyl groups is 1. The molecule has 1 aromatic heterocycles. The van der Waals surface area contributed by atoms with Crippen molar-refractivity contribution in [3.05, 3.63) is 23.9 Å². The number of primary amides is 1. The summed E-state index contributed by atoms with van der Waals surface area (Å²) in [4.78, 5) is 31.3. The SMILES string of the molecule is CC(=O)N1CC(O)CC2(CCN(c3cc(C(N)=O)ccn3)CC2)C1. The zero-order valence-electron chi connectivity index (χ0n) is 13.9. The zero-order chi connectivity index (χ0) is 17.3. The van der Waals surface area contributed by atoms with E-state index in [0.29, 0.717) is 18.7 Å². The maximum absolute atomic E-state index is 11.7. The number of amides is 2. The molecule has 3 N–H and O–H groups in total. The summed E-state index contributed by atoms with van der Waals surface area (Å²) in [7, 11) is 0. The lowest BCUT2D eigenvalue weighted by Crippen LogP contribution is -2.55. The van der Waals surface area contributed by atoms with E-state index < -0.39 is 12.0 Å². The number of hydrogen-bond acceptors (Lipinski definition) is 5. The highest BCUT2D eigenvalue weighted by Gasteiger charge is 2.42. The molecule has 3 rings (SSSR count). The van der Waals surface area contributed by atoms with Crippen LogP contribution in [0.5, 0.6) is 0 Å². The van der Waals surface area contributed by atoms with Crippen molar-refractivity contribution < 1.29 is 14.7 Å². The Morgan fingerprint density at radius 3 is 2.71 bits per heavy atom. The molecule has 0 aromatic carbocycles. The molecule has 0 aliphatic carbocycles.